The molecule has 0 amide bonds. The van der Waals surface area contributed by atoms with Gasteiger partial charge in [-0.15, -0.1) is 0 Å². The molecular weight excluding hydrogens is 570 g/mol. The van der Waals surface area contributed by atoms with E-state index >= 15 is 0 Å². The maximum absolute atomic E-state index is 11.0. The van der Waals surface area contributed by atoms with Crippen LogP contribution in [0.5, 0.6) is 0 Å². The van der Waals surface area contributed by atoms with Gasteiger partial charge in [-0.2, -0.15) is 0 Å². The van der Waals surface area contributed by atoms with E-state index in [1.165, 1.54) is 43.2 Å². The summed E-state index contributed by atoms with van der Waals surface area (Å²) in [6, 6.07) is 18.0. The molecule has 0 aliphatic heterocycles. The molecule has 1 N–H and O–H groups in total. The molecule has 0 bridgehead atoms. The molecule has 4 nitrogen and oxygen atoms in total. The highest BCUT2D eigenvalue weighted by Crippen LogP contribution is 2.17. The Kier molecular flexibility index (Phi) is 17.5. The first-order valence-corrected chi connectivity index (χ1v) is 15.5. The average Bonchev–Trinajstić information content (AvgIpc) is 3.39. The minimum atomic E-state index is 0.0752. The van der Waals surface area contributed by atoms with E-state index in [1.54, 1.807) is 20.2 Å². The lowest BCUT2D eigenvalue weighted by atomic mass is 9.97. The Balaban J connectivity index is 0.000000338. The number of ketones is 1. The Morgan fingerprint density at radius 1 is 0.976 bits per heavy atom. The summed E-state index contributed by atoms with van der Waals surface area (Å²) in [7, 11) is 1.75. The topological polar surface area (TPSA) is 57.6 Å². The fourth-order valence-corrected chi connectivity index (χ4v) is 4.49. The van der Waals surface area contributed by atoms with E-state index in [2.05, 4.69) is 85.7 Å². The number of aryl methyl sites for hydroxylation is 1. The molecule has 0 atom stereocenters. The molecule has 2 aromatic carbocycles. The number of carbonyl (C=O) groups excluding carboxylic acids is 1. The highest BCUT2D eigenvalue weighted by Gasteiger charge is 2.06. The number of halogens is 1. The number of benzene rings is 2. The quantitative estimate of drug-likeness (QED) is 0.178. The number of fused-ring (bicyclic) bond motifs is 1. The van der Waals surface area contributed by atoms with Crippen molar-refractivity contribution in [3.63, 3.8) is 0 Å². The van der Waals surface area contributed by atoms with Crippen LogP contribution in [0.4, 0.5) is 0 Å². The third kappa shape index (κ3) is 13.4. The standard InChI is InChI=1S/C17H21BrN2.C10H9NO.C9H20/c1-12(2)10-17(15-9-7-6-8-13(15)3)20-14(4)16(18)11-19-5;1-7(12)10-6-8-4-2-3-5-9(8)11-10;1-4-7-8-9(5-2)6-3/h6-11H,1-5H3;2-6,11H,1H3;9H,4-8H2,1-3H3/b16-14-,19-11?,20-17?;;. The summed E-state index contributed by atoms with van der Waals surface area (Å²) in [5.74, 6) is 1.08. The molecule has 41 heavy (non-hydrogen) atoms. The zero-order valence-electron chi connectivity index (χ0n) is 26.6. The molecule has 0 saturated carbocycles. The number of nitrogens with zero attached hydrogens (tertiary/aromatic N) is 2. The van der Waals surface area contributed by atoms with Crippen LogP contribution in [0, 0.1) is 12.8 Å². The summed E-state index contributed by atoms with van der Waals surface area (Å²) in [5.41, 5.74) is 7.17. The number of aromatic amines is 1. The molecule has 3 rings (SSSR count). The van der Waals surface area contributed by atoms with Crippen molar-refractivity contribution in [3.05, 3.63) is 93.2 Å². The van der Waals surface area contributed by atoms with Crippen molar-refractivity contribution in [2.75, 3.05) is 7.05 Å². The molecule has 1 aromatic heterocycles. The van der Waals surface area contributed by atoms with Gasteiger partial charge in [-0.05, 0) is 73.3 Å². The van der Waals surface area contributed by atoms with Gasteiger partial charge in [0.25, 0.3) is 0 Å². The van der Waals surface area contributed by atoms with E-state index in [9.17, 15) is 4.79 Å². The Labute approximate surface area is 257 Å². The van der Waals surface area contributed by atoms with Gasteiger partial charge in [-0.1, -0.05) is 101 Å². The van der Waals surface area contributed by atoms with E-state index in [0.717, 1.165) is 38.3 Å². The minimum absolute atomic E-state index is 0.0752. The number of allylic oxidation sites excluding steroid dienone is 4. The number of carbonyl (C=O) groups is 1. The smallest absolute Gasteiger partial charge is 0.175 e. The fraction of sp³-hybridized carbons (Fsp3) is 0.417. The second kappa shape index (κ2) is 19.9. The molecule has 1 heterocycles. The number of Topliss-reactive ketones (excluding diaryl/α,β-unsaturated/α-hetero) is 1. The number of H-pyrrole nitrogens is 1. The fourth-order valence-electron chi connectivity index (χ4n) is 4.20. The highest BCUT2D eigenvalue weighted by atomic mass is 79.9. The Bertz CT molecular complexity index is 1300. The predicted octanol–water partition coefficient (Wildman–Crippen LogP) is 11.1. The van der Waals surface area contributed by atoms with E-state index in [-0.39, 0.29) is 5.78 Å². The first-order chi connectivity index (χ1) is 19.6. The molecular formula is C36H50BrN3O. The van der Waals surface area contributed by atoms with Gasteiger partial charge in [-0.3, -0.25) is 14.8 Å². The number of para-hydroxylation sites is 1. The summed E-state index contributed by atoms with van der Waals surface area (Å²) >= 11 is 3.49. The maximum atomic E-state index is 11.0. The Morgan fingerprint density at radius 2 is 1.61 bits per heavy atom. The van der Waals surface area contributed by atoms with Crippen LogP contribution in [-0.4, -0.2) is 29.7 Å². The molecule has 0 radical (unpaired) electrons. The number of hydrogen-bond donors (Lipinski definition) is 1. The van der Waals surface area contributed by atoms with Gasteiger partial charge >= 0.3 is 0 Å². The third-order valence-electron chi connectivity index (χ3n) is 6.75. The van der Waals surface area contributed by atoms with Crippen molar-refractivity contribution in [3.8, 4) is 0 Å². The largest absolute Gasteiger partial charge is 0.352 e. The Morgan fingerprint density at radius 3 is 2.15 bits per heavy atom. The molecule has 0 aliphatic rings. The molecule has 0 spiro atoms. The number of aromatic nitrogens is 1. The van der Waals surface area contributed by atoms with Gasteiger partial charge < -0.3 is 4.98 Å². The van der Waals surface area contributed by atoms with Crippen LogP contribution in [0.15, 0.2) is 86.4 Å². The van der Waals surface area contributed by atoms with Gasteiger partial charge in [0.15, 0.2) is 5.78 Å². The molecule has 3 aromatic rings. The summed E-state index contributed by atoms with van der Waals surface area (Å²) in [6.45, 7) is 16.7. The van der Waals surface area contributed by atoms with E-state index in [0.29, 0.717) is 5.69 Å². The van der Waals surface area contributed by atoms with Crippen molar-refractivity contribution in [2.45, 2.75) is 87.5 Å². The predicted molar refractivity (Wildman–Crippen MR) is 185 cm³/mol. The van der Waals surface area contributed by atoms with E-state index < -0.39 is 0 Å². The van der Waals surface area contributed by atoms with Crippen molar-refractivity contribution in [2.24, 2.45) is 15.9 Å². The molecule has 5 heteroatoms. The molecule has 222 valence electrons. The van der Waals surface area contributed by atoms with Crippen molar-refractivity contribution in [1.82, 2.24) is 4.98 Å². The van der Waals surface area contributed by atoms with Crippen LogP contribution < -0.4 is 0 Å². The summed E-state index contributed by atoms with van der Waals surface area (Å²) in [5, 5.41) is 1.09. The van der Waals surface area contributed by atoms with Gasteiger partial charge in [0.1, 0.15) is 0 Å². The monoisotopic (exact) mass is 619 g/mol. The normalized spacial score (nSPS) is 11.9. The lowest BCUT2D eigenvalue weighted by molar-refractivity contribution is 0.101. The van der Waals surface area contributed by atoms with Crippen LogP contribution in [0.2, 0.25) is 0 Å². The Hall–Kier alpha value is -3.05. The van der Waals surface area contributed by atoms with Gasteiger partial charge in [-0.25, -0.2) is 0 Å². The molecule has 0 aliphatic carbocycles. The number of hydrogen-bond acceptors (Lipinski definition) is 3. The first-order valence-electron chi connectivity index (χ1n) is 14.7. The zero-order valence-corrected chi connectivity index (χ0v) is 28.2. The number of rotatable bonds is 10. The van der Waals surface area contributed by atoms with E-state index in [1.807, 2.05) is 49.4 Å². The lowest BCUT2D eigenvalue weighted by Crippen LogP contribution is -2.01. The number of nitrogens with one attached hydrogen (secondary N) is 1. The van der Waals surface area contributed by atoms with Gasteiger partial charge in [0.05, 0.1) is 21.6 Å². The molecule has 0 saturated heterocycles. The van der Waals surface area contributed by atoms with Crippen LogP contribution in [0.1, 0.15) is 102 Å². The van der Waals surface area contributed by atoms with E-state index in [4.69, 9.17) is 4.99 Å². The van der Waals surface area contributed by atoms with Crippen LogP contribution in [-0.2, 0) is 0 Å². The average molecular weight is 621 g/mol. The minimum Gasteiger partial charge on any atom is -0.352 e. The van der Waals surface area contributed by atoms with Crippen molar-refractivity contribution in [1.29, 1.82) is 0 Å². The second-order valence-electron chi connectivity index (χ2n) is 10.5. The van der Waals surface area contributed by atoms with Crippen LogP contribution in [0.25, 0.3) is 10.9 Å². The van der Waals surface area contributed by atoms with Crippen molar-refractivity contribution < 1.29 is 4.79 Å². The van der Waals surface area contributed by atoms with Crippen LogP contribution >= 0.6 is 15.9 Å². The van der Waals surface area contributed by atoms with Crippen molar-refractivity contribution >= 4 is 44.5 Å². The third-order valence-corrected chi connectivity index (χ3v) is 7.53. The maximum Gasteiger partial charge on any atom is 0.175 e. The van der Waals surface area contributed by atoms with Crippen LogP contribution in [0.3, 0.4) is 0 Å². The summed E-state index contributed by atoms with van der Waals surface area (Å²) in [4.78, 5) is 22.8. The number of unbranched alkanes of at least 4 members (excludes halogenated alkanes) is 1. The zero-order chi connectivity index (χ0) is 30.8. The summed E-state index contributed by atoms with van der Waals surface area (Å²) in [6.07, 6.45) is 10.8. The second-order valence-corrected chi connectivity index (χ2v) is 11.4. The SMILES string of the molecule is CC(=O)c1cc2ccccc2[nH]1.CCCCC(CC)CC.CN=C/C(Br)=C(\C)N=C(C=C(C)C)c1ccccc1C. The molecule has 0 unspecified atom stereocenters. The number of aliphatic imine (C=N–C) groups is 2. The van der Waals surface area contributed by atoms with Gasteiger partial charge in [0.2, 0.25) is 0 Å². The molecule has 0 fully saturated rings. The first kappa shape index (κ1) is 36.0. The lowest BCUT2D eigenvalue weighted by Gasteiger charge is -2.09. The summed E-state index contributed by atoms with van der Waals surface area (Å²) < 4.78 is 0.897. The van der Waals surface area contributed by atoms with Gasteiger partial charge in [0, 0.05) is 36.7 Å². The highest BCUT2D eigenvalue weighted by molar-refractivity contribution is 9.12.